The number of likely N-dealkylation sites (N-methyl/N-ethyl adjacent to an activating group) is 1. The molecule has 0 bridgehead atoms. The monoisotopic (exact) mass is 281 g/mol. The zero-order valence-electron chi connectivity index (χ0n) is 10.2. The maximum absolute atomic E-state index is 12.7. The highest BCUT2D eigenvalue weighted by Gasteiger charge is 2.41. The van der Waals surface area contributed by atoms with Crippen molar-refractivity contribution in [2.45, 2.75) is 18.4 Å². The molecular weight excluding hydrogens is 266 g/mol. The van der Waals surface area contributed by atoms with Crippen LogP contribution in [0.1, 0.15) is 11.6 Å². The molecule has 8 heteroatoms. The van der Waals surface area contributed by atoms with Crippen LogP contribution in [-0.4, -0.2) is 37.6 Å². The van der Waals surface area contributed by atoms with Crippen LogP contribution in [0.15, 0.2) is 18.3 Å². The van der Waals surface area contributed by atoms with E-state index in [1.807, 2.05) is 0 Å². The average molecular weight is 281 g/mol. The molecule has 0 saturated carbocycles. The van der Waals surface area contributed by atoms with Gasteiger partial charge in [0.15, 0.2) is 0 Å². The third-order valence-electron chi connectivity index (χ3n) is 2.49. The topological polar surface area (TPSA) is 60.2 Å². The van der Waals surface area contributed by atoms with Crippen LogP contribution >= 0.6 is 0 Å². The van der Waals surface area contributed by atoms with E-state index >= 15 is 0 Å². The van der Waals surface area contributed by atoms with Crippen molar-refractivity contribution in [1.29, 1.82) is 0 Å². The molecule has 0 aliphatic carbocycles. The quantitative estimate of drug-likeness (QED) is 0.749. The van der Waals surface area contributed by atoms with Gasteiger partial charge >= 0.3 is 12.3 Å². The third kappa shape index (κ3) is 4.32. The summed E-state index contributed by atoms with van der Waals surface area (Å²) in [5, 5.41) is 2.80. The van der Waals surface area contributed by atoms with Gasteiger partial charge in [0.2, 0.25) is 0 Å². The molecule has 0 spiro atoms. The molecule has 1 aromatic rings. The van der Waals surface area contributed by atoms with Crippen LogP contribution in [0.4, 0.5) is 23.4 Å². The molecule has 0 radical (unpaired) electrons. The van der Waals surface area contributed by atoms with E-state index < -0.39 is 25.0 Å². The van der Waals surface area contributed by atoms with Gasteiger partial charge in [0, 0.05) is 11.8 Å². The van der Waals surface area contributed by atoms with Gasteiger partial charge in [-0.15, -0.1) is 0 Å². The molecule has 19 heavy (non-hydrogen) atoms. The van der Waals surface area contributed by atoms with Crippen LogP contribution in [-0.2, 0) is 4.74 Å². The average Bonchev–Trinajstić information content (AvgIpc) is 2.35. The summed E-state index contributed by atoms with van der Waals surface area (Å²) in [6.45, 7) is -1.56. The van der Waals surface area contributed by atoms with Crippen molar-refractivity contribution in [3.63, 3.8) is 0 Å². The van der Waals surface area contributed by atoms with Gasteiger partial charge in [-0.25, -0.2) is 13.8 Å². The number of pyridine rings is 1. The van der Waals surface area contributed by atoms with E-state index in [0.29, 0.717) is 5.56 Å². The van der Waals surface area contributed by atoms with Gasteiger partial charge in [0.05, 0.1) is 12.6 Å². The van der Waals surface area contributed by atoms with Crippen molar-refractivity contribution < 1.29 is 22.3 Å². The molecule has 0 saturated heterocycles. The van der Waals surface area contributed by atoms with Crippen molar-refractivity contribution >= 4 is 5.82 Å². The van der Waals surface area contributed by atoms with Crippen molar-refractivity contribution in [3.8, 4) is 0 Å². The molecule has 0 amide bonds. The summed E-state index contributed by atoms with van der Waals surface area (Å²) >= 11 is 0. The zero-order valence-corrected chi connectivity index (χ0v) is 10.2. The smallest absolute Gasteiger partial charge is 0.330 e. The number of alkyl halides is 4. The Labute approximate surface area is 108 Å². The second-order valence-electron chi connectivity index (χ2n) is 3.90. The predicted molar refractivity (Wildman–Crippen MR) is 62.2 cm³/mol. The Morgan fingerprint density at radius 1 is 1.47 bits per heavy atom. The van der Waals surface area contributed by atoms with Crippen LogP contribution in [0.2, 0.25) is 0 Å². The number of rotatable bonds is 7. The lowest BCUT2D eigenvalue weighted by Crippen LogP contribution is -2.34. The lowest BCUT2D eigenvalue weighted by Gasteiger charge is -2.20. The number of ether oxygens (including phenoxy) is 1. The van der Waals surface area contributed by atoms with Gasteiger partial charge in [-0.3, -0.25) is 0 Å². The second kappa shape index (κ2) is 6.67. The molecule has 1 unspecified atom stereocenters. The van der Waals surface area contributed by atoms with E-state index in [2.05, 4.69) is 15.0 Å². The molecule has 1 heterocycles. The summed E-state index contributed by atoms with van der Waals surface area (Å²) in [4.78, 5) is 3.85. The maximum Gasteiger partial charge on any atom is 0.330 e. The van der Waals surface area contributed by atoms with E-state index in [-0.39, 0.29) is 12.4 Å². The first kappa shape index (κ1) is 15.6. The van der Waals surface area contributed by atoms with Gasteiger partial charge in [-0.05, 0) is 13.1 Å². The summed E-state index contributed by atoms with van der Waals surface area (Å²) < 4.78 is 53.8. The summed E-state index contributed by atoms with van der Waals surface area (Å²) in [7, 11) is 1.58. The summed E-state index contributed by atoms with van der Waals surface area (Å²) in [5.41, 5.74) is 6.19. The molecule has 0 aromatic carbocycles. The lowest BCUT2D eigenvalue weighted by atomic mass is 10.1. The Morgan fingerprint density at radius 2 is 2.16 bits per heavy atom. The number of hydrogen-bond acceptors (Lipinski definition) is 4. The number of halogens is 4. The Hall–Kier alpha value is -1.41. The largest absolute Gasteiger partial charge is 0.383 e. The molecule has 1 atom stereocenters. The van der Waals surface area contributed by atoms with Gasteiger partial charge in [0.25, 0.3) is 0 Å². The maximum atomic E-state index is 12.7. The highest BCUT2D eigenvalue weighted by atomic mass is 19.3. The molecule has 1 rings (SSSR count). The predicted octanol–water partition coefficient (Wildman–Crippen LogP) is 1.84. The number of nitrogens with one attached hydrogen (secondary N) is 1. The summed E-state index contributed by atoms with van der Waals surface area (Å²) in [6, 6.07) is 2.78. The third-order valence-corrected chi connectivity index (χ3v) is 2.49. The van der Waals surface area contributed by atoms with Gasteiger partial charge < -0.3 is 15.8 Å². The standard InChI is InChI=1S/C11H15F4N3O/c1-17-8(7-3-2-4-18-9(7)16)5-19-6-11(14,15)10(12)13/h2-4,8,10,17H,5-6H2,1H3,(H2,16,18). The highest BCUT2D eigenvalue weighted by Crippen LogP contribution is 2.24. The normalized spacial score (nSPS) is 13.8. The van der Waals surface area contributed by atoms with Gasteiger partial charge in [-0.2, -0.15) is 8.78 Å². The van der Waals surface area contributed by atoms with Crippen LogP contribution < -0.4 is 11.1 Å². The second-order valence-corrected chi connectivity index (χ2v) is 3.90. The fraction of sp³-hybridized carbons (Fsp3) is 0.545. The van der Waals surface area contributed by atoms with Gasteiger partial charge in [0.1, 0.15) is 12.4 Å². The van der Waals surface area contributed by atoms with Crippen molar-refractivity contribution in [3.05, 3.63) is 23.9 Å². The number of nitrogens with two attached hydrogens (primary N) is 1. The minimum Gasteiger partial charge on any atom is -0.383 e. The van der Waals surface area contributed by atoms with E-state index in [1.54, 1.807) is 19.2 Å². The van der Waals surface area contributed by atoms with Crippen LogP contribution in [0.25, 0.3) is 0 Å². The number of aromatic nitrogens is 1. The fourth-order valence-electron chi connectivity index (χ4n) is 1.43. The molecule has 1 aromatic heterocycles. The first-order chi connectivity index (χ1) is 8.88. The minimum atomic E-state index is -4.15. The van der Waals surface area contributed by atoms with Crippen LogP contribution in [0, 0.1) is 0 Å². The molecule has 108 valence electrons. The number of anilines is 1. The van der Waals surface area contributed by atoms with Crippen LogP contribution in [0.5, 0.6) is 0 Å². The molecule has 0 aliphatic heterocycles. The van der Waals surface area contributed by atoms with E-state index in [4.69, 9.17) is 5.73 Å². The van der Waals surface area contributed by atoms with Gasteiger partial charge in [-0.1, -0.05) is 6.07 Å². The Morgan fingerprint density at radius 3 is 2.68 bits per heavy atom. The van der Waals surface area contributed by atoms with E-state index in [1.165, 1.54) is 6.20 Å². The minimum absolute atomic E-state index is 0.214. The number of nitrogen functional groups attached to an aromatic ring is 1. The van der Waals surface area contributed by atoms with Crippen molar-refractivity contribution in [1.82, 2.24) is 10.3 Å². The molecular formula is C11H15F4N3O. The Kier molecular flexibility index (Phi) is 5.49. The highest BCUT2D eigenvalue weighted by molar-refractivity contribution is 5.40. The fourth-order valence-corrected chi connectivity index (χ4v) is 1.43. The number of nitrogens with zero attached hydrogens (tertiary/aromatic N) is 1. The SMILES string of the molecule is CNC(COCC(F)(F)C(F)F)c1cccnc1N. The van der Waals surface area contributed by atoms with E-state index in [0.717, 1.165) is 0 Å². The summed E-state index contributed by atoms with van der Waals surface area (Å²) in [6.07, 6.45) is -2.26. The van der Waals surface area contributed by atoms with Crippen LogP contribution in [0.3, 0.4) is 0 Å². The Bertz CT molecular complexity index is 403. The molecule has 4 nitrogen and oxygen atoms in total. The van der Waals surface area contributed by atoms with Crippen molar-refractivity contribution in [2.24, 2.45) is 0 Å². The molecule has 0 aliphatic rings. The van der Waals surface area contributed by atoms with Crippen molar-refractivity contribution in [2.75, 3.05) is 26.0 Å². The first-order valence-electron chi connectivity index (χ1n) is 5.50. The zero-order chi connectivity index (χ0) is 14.5. The lowest BCUT2D eigenvalue weighted by molar-refractivity contribution is -0.167. The molecule has 0 fully saturated rings. The first-order valence-corrected chi connectivity index (χ1v) is 5.50. The Balaban J connectivity index is 2.58. The number of hydrogen-bond donors (Lipinski definition) is 2. The summed E-state index contributed by atoms with van der Waals surface area (Å²) in [5.74, 6) is -3.93. The van der Waals surface area contributed by atoms with E-state index in [9.17, 15) is 17.6 Å². The molecule has 3 N–H and O–H groups in total.